The molecule has 0 bridgehead atoms. The van der Waals surface area contributed by atoms with E-state index in [2.05, 4.69) is 19.6 Å². The van der Waals surface area contributed by atoms with Crippen molar-refractivity contribution < 1.29 is 37.5 Å². The van der Waals surface area contributed by atoms with Gasteiger partial charge in [-0.1, -0.05) is 0 Å². The predicted molar refractivity (Wildman–Crippen MR) is 38.3 cm³/mol. The summed E-state index contributed by atoms with van der Waals surface area (Å²) in [4.78, 5) is 9.78. The van der Waals surface area contributed by atoms with E-state index in [4.69, 9.17) is 5.73 Å². The molecule has 0 heterocycles. The first-order chi connectivity index (χ1) is 4.18. The Hall–Kier alpha value is 0.314. The fourth-order valence-corrected chi connectivity index (χ4v) is 0.174. The molecular weight excluding hydrogens is 203 g/mol. The van der Waals surface area contributed by atoms with Gasteiger partial charge >= 0.3 is 0 Å². The summed E-state index contributed by atoms with van der Waals surface area (Å²) in [6, 6.07) is 0. The number of carbonyl (C=O) groups is 1. The fraction of sp³-hybridized carbons (Fsp3) is 0.429. The number of carbonyl (C=O) groups excluding carboxylic acids is 1. The number of rotatable bonds is 2. The van der Waals surface area contributed by atoms with E-state index in [1.165, 1.54) is 0 Å². The van der Waals surface area contributed by atoms with Crippen molar-refractivity contribution in [2.45, 2.75) is 19.8 Å². The Kier molecular flexibility index (Phi) is 27.0. The van der Waals surface area contributed by atoms with E-state index in [0.29, 0.717) is 12.8 Å². The topological polar surface area (TPSA) is 43.1 Å². The zero-order valence-corrected chi connectivity index (χ0v) is 9.23. The molecule has 1 radical (unpaired) electrons. The monoisotopic (exact) mass is 216 g/mol. The molecule has 1 amide bonds. The zero-order valence-electron chi connectivity index (χ0n) is 6.39. The van der Waals surface area contributed by atoms with Gasteiger partial charge in [0, 0.05) is 32.7 Å². The zero-order chi connectivity index (χ0) is 7.70. The summed E-state index contributed by atoms with van der Waals surface area (Å²) in [5.74, 6) is -0.273. The van der Waals surface area contributed by atoms with Crippen LogP contribution in [0.4, 0.5) is 0 Å². The van der Waals surface area contributed by atoms with Gasteiger partial charge in [0.15, 0.2) is 0 Å². The molecule has 0 spiro atoms. The molecule has 0 atom stereocenters. The molecule has 0 saturated heterocycles. The van der Waals surface area contributed by atoms with Gasteiger partial charge < -0.3 is 18.7 Å². The number of amides is 1. The Labute approximate surface area is 88.1 Å². The standard InChI is InChI=1S/C4H8NO.C3H5.Y/c1-2-3-4(5)6;1-3-2;/h1-3H2,(H2,5,6);1H2,2H3;/q2*-1;. The molecule has 2 N–H and O–H groups in total. The van der Waals surface area contributed by atoms with E-state index in [-0.39, 0.29) is 38.6 Å². The van der Waals surface area contributed by atoms with Gasteiger partial charge in [0.1, 0.15) is 0 Å². The number of hydrogen-bond donors (Lipinski definition) is 1. The molecule has 0 aliphatic carbocycles. The third-order valence-corrected chi connectivity index (χ3v) is 0.423. The molecule has 0 aromatic rings. The summed E-state index contributed by atoms with van der Waals surface area (Å²) in [6.45, 7) is 8.43. The molecular formula is C7H13NOY-2. The first-order valence-corrected chi connectivity index (χ1v) is 2.70. The van der Waals surface area contributed by atoms with Crippen LogP contribution in [0.15, 0.2) is 6.58 Å². The normalized spacial score (nSPS) is 6.20. The minimum atomic E-state index is -0.273. The summed E-state index contributed by atoms with van der Waals surface area (Å²) in [5.41, 5.74) is 4.72. The smallest absolute Gasteiger partial charge is 0.214 e. The fourth-order valence-electron chi connectivity index (χ4n) is 0.174. The van der Waals surface area contributed by atoms with Crippen LogP contribution in [-0.2, 0) is 37.5 Å². The van der Waals surface area contributed by atoms with E-state index in [1.54, 1.807) is 6.92 Å². The van der Waals surface area contributed by atoms with Crippen molar-refractivity contribution in [1.82, 2.24) is 0 Å². The van der Waals surface area contributed by atoms with Crippen LogP contribution in [0.2, 0.25) is 0 Å². The molecule has 10 heavy (non-hydrogen) atoms. The Balaban J connectivity index is -0.000000107. The van der Waals surface area contributed by atoms with E-state index < -0.39 is 0 Å². The molecule has 0 aromatic carbocycles. The molecule has 0 aliphatic rings. The summed E-state index contributed by atoms with van der Waals surface area (Å²) in [6.07, 6.45) is 3.51. The van der Waals surface area contributed by atoms with E-state index in [9.17, 15) is 4.79 Å². The Morgan fingerprint density at radius 2 is 2.10 bits per heavy atom. The van der Waals surface area contributed by atoms with Crippen LogP contribution in [0.3, 0.4) is 0 Å². The Morgan fingerprint density at radius 3 is 2.10 bits per heavy atom. The Morgan fingerprint density at radius 1 is 1.80 bits per heavy atom. The average Bonchev–Trinajstić information content (AvgIpc) is 1.67. The van der Waals surface area contributed by atoms with Gasteiger partial charge in [-0.15, -0.1) is 0 Å². The minimum Gasteiger partial charge on any atom is -0.507 e. The van der Waals surface area contributed by atoms with Gasteiger partial charge in [-0.05, 0) is 6.42 Å². The number of primary amides is 1. The van der Waals surface area contributed by atoms with Crippen molar-refractivity contribution in [1.29, 1.82) is 0 Å². The van der Waals surface area contributed by atoms with Crippen molar-refractivity contribution in [2.24, 2.45) is 5.73 Å². The van der Waals surface area contributed by atoms with Gasteiger partial charge in [0.25, 0.3) is 0 Å². The maximum absolute atomic E-state index is 9.78. The maximum Gasteiger partial charge on any atom is 0.214 e. The minimum absolute atomic E-state index is 0. The second-order valence-electron chi connectivity index (χ2n) is 1.42. The number of hydrogen-bond acceptors (Lipinski definition) is 1. The van der Waals surface area contributed by atoms with Crippen LogP contribution in [0.1, 0.15) is 19.8 Å². The van der Waals surface area contributed by atoms with E-state index >= 15 is 0 Å². The van der Waals surface area contributed by atoms with Crippen LogP contribution in [0, 0.1) is 13.0 Å². The molecule has 0 saturated carbocycles. The van der Waals surface area contributed by atoms with Gasteiger partial charge in [-0.2, -0.15) is 13.3 Å². The SMILES string of the molecule is C=[C-]C.[CH2-]CCC(N)=O.[Y]. The van der Waals surface area contributed by atoms with E-state index in [0.717, 1.165) is 0 Å². The first-order valence-electron chi connectivity index (χ1n) is 2.70. The predicted octanol–water partition coefficient (Wildman–Crippen LogP) is 1.08. The molecule has 0 aromatic heterocycles. The van der Waals surface area contributed by atoms with Crippen molar-refractivity contribution in [2.75, 3.05) is 0 Å². The van der Waals surface area contributed by atoms with Gasteiger partial charge in [0.2, 0.25) is 5.91 Å². The van der Waals surface area contributed by atoms with Crippen LogP contribution >= 0.6 is 0 Å². The Bertz CT molecular complexity index is 83.7. The van der Waals surface area contributed by atoms with Crippen LogP contribution in [0.5, 0.6) is 0 Å². The molecule has 0 rings (SSSR count). The van der Waals surface area contributed by atoms with Crippen LogP contribution in [0.25, 0.3) is 0 Å². The summed E-state index contributed by atoms with van der Waals surface area (Å²) < 4.78 is 0. The molecule has 0 fully saturated rings. The van der Waals surface area contributed by atoms with Gasteiger partial charge in [-0.25, -0.2) is 0 Å². The molecule has 57 valence electrons. The van der Waals surface area contributed by atoms with Gasteiger partial charge in [-0.3, -0.25) is 11.4 Å². The van der Waals surface area contributed by atoms with Crippen LogP contribution in [-0.4, -0.2) is 5.91 Å². The number of nitrogens with two attached hydrogens (primary N) is 1. The molecule has 0 unspecified atom stereocenters. The largest absolute Gasteiger partial charge is 0.507 e. The molecule has 3 heteroatoms. The maximum atomic E-state index is 9.78. The summed E-state index contributed by atoms with van der Waals surface area (Å²) in [7, 11) is 0. The first kappa shape index (κ1) is 16.7. The van der Waals surface area contributed by atoms with Crippen molar-refractivity contribution >= 4 is 5.91 Å². The summed E-state index contributed by atoms with van der Waals surface area (Å²) >= 11 is 0. The van der Waals surface area contributed by atoms with Crippen LogP contribution < -0.4 is 5.73 Å². The van der Waals surface area contributed by atoms with Crippen molar-refractivity contribution in [3.05, 3.63) is 19.6 Å². The van der Waals surface area contributed by atoms with E-state index in [1.807, 2.05) is 0 Å². The molecule has 2 nitrogen and oxygen atoms in total. The molecule has 0 aliphatic heterocycles. The van der Waals surface area contributed by atoms with Gasteiger partial charge in [0.05, 0.1) is 0 Å². The third kappa shape index (κ3) is 40.5. The number of allylic oxidation sites excluding steroid dienone is 1. The second-order valence-corrected chi connectivity index (χ2v) is 1.42. The third-order valence-electron chi connectivity index (χ3n) is 0.423. The van der Waals surface area contributed by atoms with Crippen molar-refractivity contribution in [3.63, 3.8) is 0 Å². The average molecular weight is 216 g/mol. The quantitative estimate of drug-likeness (QED) is 0.689. The van der Waals surface area contributed by atoms with Crippen molar-refractivity contribution in [3.8, 4) is 0 Å². The second kappa shape index (κ2) is 16.1. The summed E-state index contributed by atoms with van der Waals surface area (Å²) in [5, 5.41) is 0.